The van der Waals surface area contributed by atoms with Crippen LogP contribution in [0, 0.1) is 0 Å². The number of ether oxygens (including phenoxy) is 4. The maximum absolute atomic E-state index is 13.7. The number of carbonyl (C=O) groups excluding carboxylic acids is 2. The minimum absolute atomic E-state index is 0.121. The van der Waals surface area contributed by atoms with Crippen molar-refractivity contribution in [3.63, 3.8) is 0 Å². The van der Waals surface area contributed by atoms with Crippen LogP contribution in [0.5, 0.6) is 23.0 Å². The first kappa shape index (κ1) is 33.1. The van der Waals surface area contributed by atoms with Gasteiger partial charge in [0.2, 0.25) is 10.9 Å². The van der Waals surface area contributed by atoms with E-state index in [0.717, 1.165) is 29.7 Å². The molecular formula is C33H32ClN3O7S2. The van der Waals surface area contributed by atoms with E-state index in [1.54, 1.807) is 36.4 Å². The normalized spacial score (nSPS) is 15.7. The Kier molecular flexibility index (Phi) is 10.7. The van der Waals surface area contributed by atoms with E-state index < -0.39 is 17.7 Å². The number of amides is 1. The molecule has 1 N–H and O–H groups in total. The molecule has 2 heterocycles. The molecule has 0 saturated carbocycles. The zero-order valence-electron chi connectivity index (χ0n) is 25.6. The van der Waals surface area contributed by atoms with Gasteiger partial charge in [-0.15, -0.1) is 10.2 Å². The van der Waals surface area contributed by atoms with Gasteiger partial charge in [-0.25, -0.2) is 0 Å². The molecule has 1 aromatic heterocycles. The van der Waals surface area contributed by atoms with Crippen LogP contribution >= 0.6 is 34.7 Å². The van der Waals surface area contributed by atoms with Crippen molar-refractivity contribution in [2.24, 2.45) is 0 Å². The second kappa shape index (κ2) is 14.9. The average molecular weight is 682 g/mol. The van der Waals surface area contributed by atoms with Gasteiger partial charge in [0.25, 0.3) is 5.78 Å². The molecule has 13 heteroatoms. The zero-order chi connectivity index (χ0) is 32.8. The molecule has 1 aliphatic rings. The number of thioether (sulfide) groups is 1. The Morgan fingerprint density at radius 3 is 2.26 bits per heavy atom. The number of carbonyl (C=O) groups is 2. The summed E-state index contributed by atoms with van der Waals surface area (Å²) in [6.45, 7) is 2.64. The highest BCUT2D eigenvalue weighted by Gasteiger charge is 2.49. The number of hydrogen-bond acceptors (Lipinski definition) is 11. The molecule has 5 rings (SSSR count). The number of Topliss-reactive ketones (excluding diaryl/α,β-unsaturated/α-hetero) is 1. The summed E-state index contributed by atoms with van der Waals surface area (Å²) in [5, 5.41) is 21.0. The second-order valence-corrected chi connectivity index (χ2v) is 12.7. The van der Waals surface area contributed by atoms with Crippen molar-refractivity contribution in [3.8, 4) is 23.0 Å². The Hall–Kier alpha value is -4.26. The molecule has 240 valence electrons. The molecule has 46 heavy (non-hydrogen) atoms. The molecule has 1 aliphatic heterocycles. The van der Waals surface area contributed by atoms with E-state index >= 15 is 0 Å². The molecule has 1 amide bonds. The molecule has 0 bridgehead atoms. The number of halogens is 1. The molecule has 1 atom stereocenters. The van der Waals surface area contributed by atoms with Gasteiger partial charge >= 0.3 is 5.91 Å². The third-order valence-electron chi connectivity index (χ3n) is 7.22. The van der Waals surface area contributed by atoms with Gasteiger partial charge in [0.05, 0.1) is 39.6 Å². The third-order valence-corrected chi connectivity index (χ3v) is 9.60. The van der Waals surface area contributed by atoms with Gasteiger partial charge in [-0.2, -0.15) is 0 Å². The summed E-state index contributed by atoms with van der Waals surface area (Å²) in [7, 11) is 4.42. The van der Waals surface area contributed by atoms with E-state index in [2.05, 4.69) is 17.1 Å². The fourth-order valence-corrected chi connectivity index (χ4v) is 6.84. The summed E-state index contributed by atoms with van der Waals surface area (Å²) in [6, 6.07) is 16.4. The number of ketones is 1. The van der Waals surface area contributed by atoms with Gasteiger partial charge in [0.15, 0.2) is 15.8 Å². The Bertz CT molecular complexity index is 1720. The second-order valence-electron chi connectivity index (χ2n) is 10.1. The van der Waals surface area contributed by atoms with Crippen LogP contribution in [0.2, 0.25) is 5.02 Å². The largest absolute Gasteiger partial charge is 0.507 e. The summed E-state index contributed by atoms with van der Waals surface area (Å²) in [4.78, 5) is 28.7. The molecule has 1 saturated heterocycles. The number of aliphatic hydroxyl groups excluding tert-OH is 1. The Morgan fingerprint density at radius 1 is 0.978 bits per heavy atom. The van der Waals surface area contributed by atoms with Crippen LogP contribution in [0.4, 0.5) is 5.13 Å². The molecule has 4 aromatic rings. The van der Waals surface area contributed by atoms with Gasteiger partial charge in [0, 0.05) is 16.3 Å². The van der Waals surface area contributed by atoms with Crippen molar-refractivity contribution in [2.75, 3.05) is 32.8 Å². The topological polar surface area (TPSA) is 120 Å². The molecule has 0 radical (unpaired) electrons. The molecule has 0 unspecified atom stereocenters. The van der Waals surface area contributed by atoms with Crippen LogP contribution in [0.3, 0.4) is 0 Å². The first-order valence-electron chi connectivity index (χ1n) is 14.3. The minimum Gasteiger partial charge on any atom is -0.507 e. The summed E-state index contributed by atoms with van der Waals surface area (Å²) < 4.78 is 23.0. The van der Waals surface area contributed by atoms with Crippen molar-refractivity contribution in [1.29, 1.82) is 0 Å². The fraction of sp³-hybridized carbons (Fsp3) is 0.273. The lowest BCUT2D eigenvalue weighted by atomic mass is 9.94. The molecule has 10 nitrogen and oxygen atoms in total. The van der Waals surface area contributed by atoms with E-state index in [9.17, 15) is 14.7 Å². The standard InChI is InChI=1S/C33H32ClN3O7S2/c1-5-6-15-44-23-13-9-20(10-14-23)28(38)26-27(21-16-24(41-2)30(43-4)25(17-21)42-3)37(31(40)29(26)39)32-35-36-33(46-32)45-18-19-7-11-22(34)12-8-19/h7-14,16-17,27,38H,5-6,15,18H2,1-4H3/t27-/m0/s1. The zero-order valence-corrected chi connectivity index (χ0v) is 28.0. The first-order chi connectivity index (χ1) is 22.3. The van der Waals surface area contributed by atoms with Crippen molar-refractivity contribution in [1.82, 2.24) is 10.2 Å². The van der Waals surface area contributed by atoms with Crippen LogP contribution in [-0.4, -0.2) is 54.9 Å². The van der Waals surface area contributed by atoms with Crippen LogP contribution in [0.15, 0.2) is 70.6 Å². The van der Waals surface area contributed by atoms with E-state index in [1.165, 1.54) is 38.0 Å². The summed E-state index contributed by atoms with van der Waals surface area (Å²) >= 11 is 8.61. The van der Waals surface area contributed by atoms with Crippen molar-refractivity contribution < 1.29 is 33.6 Å². The van der Waals surface area contributed by atoms with Crippen LogP contribution < -0.4 is 23.8 Å². The number of anilines is 1. The average Bonchev–Trinajstić information content (AvgIpc) is 3.65. The monoisotopic (exact) mass is 681 g/mol. The summed E-state index contributed by atoms with van der Waals surface area (Å²) in [5.74, 6) is 0.112. The quantitative estimate of drug-likeness (QED) is 0.0384. The van der Waals surface area contributed by atoms with E-state index in [4.69, 9.17) is 30.5 Å². The van der Waals surface area contributed by atoms with E-state index in [-0.39, 0.29) is 16.5 Å². The number of benzene rings is 3. The van der Waals surface area contributed by atoms with Crippen LogP contribution in [0.25, 0.3) is 5.76 Å². The number of nitrogens with zero attached hydrogens (tertiary/aromatic N) is 3. The van der Waals surface area contributed by atoms with Crippen molar-refractivity contribution in [3.05, 3.63) is 87.9 Å². The molecular weight excluding hydrogens is 650 g/mol. The van der Waals surface area contributed by atoms with Crippen LogP contribution in [-0.2, 0) is 15.3 Å². The highest BCUT2D eigenvalue weighted by Crippen LogP contribution is 2.48. The number of hydrogen-bond donors (Lipinski definition) is 1. The highest BCUT2D eigenvalue weighted by atomic mass is 35.5. The maximum atomic E-state index is 13.7. The maximum Gasteiger partial charge on any atom is 0.301 e. The lowest BCUT2D eigenvalue weighted by molar-refractivity contribution is -0.132. The van der Waals surface area contributed by atoms with Gasteiger partial charge in [-0.05, 0) is 66.1 Å². The number of aliphatic hydroxyl groups is 1. The molecule has 0 spiro atoms. The summed E-state index contributed by atoms with van der Waals surface area (Å²) in [5.41, 5.74) is 1.69. The number of rotatable bonds is 13. The lowest BCUT2D eigenvalue weighted by Crippen LogP contribution is -2.29. The molecule has 1 fully saturated rings. The Labute approximate surface area is 279 Å². The van der Waals surface area contributed by atoms with E-state index in [0.29, 0.717) is 55.8 Å². The third kappa shape index (κ3) is 6.93. The van der Waals surface area contributed by atoms with Crippen molar-refractivity contribution in [2.45, 2.75) is 35.9 Å². The number of methoxy groups -OCH3 is 3. The summed E-state index contributed by atoms with van der Waals surface area (Å²) in [6.07, 6.45) is 1.91. The highest BCUT2D eigenvalue weighted by molar-refractivity contribution is 8.00. The Balaban J connectivity index is 1.57. The predicted octanol–water partition coefficient (Wildman–Crippen LogP) is 7.31. The fourth-order valence-electron chi connectivity index (χ4n) is 4.89. The van der Waals surface area contributed by atoms with Crippen molar-refractivity contribution >= 4 is 57.3 Å². The van der Waals surface area contributed by atoms with Gasteiger partial charge < -0.3 is 24.1 Å². The lowest BCUT2D eigenvalue weighted by Gasteiger charge is -2.24. The van der Waals surface area contributed by atoms with Crippen LogP contribution in [0.1, 0.15) is 42.5 Å². The van der Waals surface area contributed by atoms with E-state index in [1.807, 2.05) is 24.3 Å². The Morgan fingerprint density at radius 2 is 1.65 bits per heavy atom. The number of unbranched alkanes of at least 4 members (excludes halogenated alkanes) is 1. The van der Waals surface area contributed by atoms with Gasteiger partial charge in [0.1, 0.15) is 11.5 Å². The molecule has 3 aromatic carbocycles. The number of aromatic nitrogens is 2. The van der Waals surface area contributed by atoms with Gasteiger partial charge in [-0.3, -0.25) is 14.5 Å². The minimum atomic E-state index is -1.09. The smallest absolute Gasteiger partial charge is 0.301 e. The van der Waals surface area contributed by atoms with Gasteiger partial charge in [-0.1, -0.05) is 60.2 Å². The molecule has 0 aliphatic carbocycles. The predicted molar refractivity (Wildman–Crippen MR) is 179 cm³/mol. The first-order valence-corrected chi connectivity index (χ1v) is 16.5. The SMILES string of the molecule is CCCCOc1ccc(C(O)=C2C(=O)C(=O)N(c3nnc(SCc4ccc(Cl)cc4)s3)[C@H]2c2cc(OC)c(OC)c(OC)c2)cc1.